The van der Waals surface area contributed by atoms with Gasteiger partial charge in [-0.2, -0.15) is 0 Å². The lowest BCUT2D eigenvalue weighted by Crippen LogP contribution is -2.33. The maximum atomic E-state index is 14.0. The number of rotatable bonds is 6. The summed E-state index contributed by atoms with van der Waals surface area (Å²) in [6.45, 7) is 8.37. The first-order chi connectivity index (χ1) is 8.51. The van der Waals surface area contributed by atoms with Gasteiger partial charge in [0.25, 0.3) is 0 Å². The predicted octanol–water partition coefficient (Wildman–Crippen LogP) is 2.84. The van der Waals surface area contributed by atoms with Crippen LogP contribution in [-0.2, 0) is 9.47 Å². The average molecular weight is 255 g/mol. The van der Waals surface area contributed by atoms with Crippen LogP contribution in [0, 0.1) is 19.7 Å². The second-order valence-corrected chi connectivity index (χ2v) is 4.28. The van der Waals surface area contributed by atoms with E-state index in [-0.39, 0.29) is 5.82 Å². The smallest absolute Gasteiger partial charge is 0.176 e. The number of benzene rings is 1. The first kappa shape index (κ1) is 15.1. The molecule has 1 rings (SSSR count). The van der Waals surface area contributed by atoms with Gasteiger partial charge in [0.15, 0.2) is 6.29 Å². The van der Waals surface area contributed by atoms with Crippen molar-refractivity contribution in [3.63, 3.8) is 0 Å². The summed E-state index contributed by atoms with van der Waals surface area (Å²) in [7, 11) is 0. The van der Waals surface area contributed by atoms with Crippen molar-refractivity contribution in [1.82, 2.24) is 0 Å². The maximum Gasteiger partial charge on any atom is 0.176 e. The van der Waals surface area contributed by atoms with E-state index in [1.165, 1.54) is 6.07 Å². The molecule has 0 amide bonds. The van der Waals surface area contributed by atoms with Gasteiger partial charge in [0.1, 0.15) is 5.82 Å². The van der Waals surface area contributed by atoms with Crippen LogP contribution in [0.1, 0.15) is 36.6 Å². The fourth-order valence-corrected chi connectivity index (χ4v) is 2.07. The van der Waals surface area contributed by atoms with Gasteiger partial charge < -0.3 is 15.2 Å². The molecule has 1 aromatic rings. The Kier molecular flexibility index (Phi) is 5.72. The van der Waals surface area contributed by atoms with Crippen molar-refractivity contribution in [2.45, 2.75) is 40.0 Å². The number of hydrogen-bond acceptors (Lipinski definition) is 3. The summed E-state index contributed by atoms with van der Waals surface area (Å²) in [5, 5.41) is 0. The van der Waals surface area contributed by atoms with Crippen molar-refractivity contribution in [3.05, 3.63) is 34.6 Å². The molecule has 0 aliphatic heterocycles. The molecular weight excluding hydrogens is 233 g/mol. The molecule has 0 fully saturated rings. The van der Waals surface area contributed by atoms with Crippen LogP contribution >= 0.6 is 0 Å². The first-order valence-electron chi connectivity index (χ1n) is 6.26. The number of ether oxygens (including phenoxy) is 2. The van der Waals surface area contributed by atoms with Crippen LogP contribution in [0.3, 0.4) is 0 Å². The van der Waals surface area contributed by atoms with E-state index in [2.05, 4.69) is 0 Å². The van der Waals surface area contributed by atoms with E-state index in [4.69, 9.17) is 15.2 Å². The van der Waals surface area contributed by atoms with Gasteiger partial charge in [-0.1, -0.05) is 6.07 Å². The first-order valence-corrected chi connectivity index (χ1v) is 6.26. The monoisotopic (exact) mass is 255 g/mol. The van der Waals surface area contributed by atoms with Gasteiger partial charge in [0.2, 0.25) is 0 Å². The van der Waals surface area contributed by atoms with E-state index in [1.54, 1.807) is 0 Å². The van der Waals surface area contributed by atoms with E-state index in [0.29, 0.717) is 18.8 Å². The van der Waals surface area contributed by atoms with E-state index in [0.717, 1.165) is 11.1 Å². The van der Waals surface area contributed by atoms with Gasteiger partial charge in [-0.15, -0.1) is 0 Å². The Labute approximate surface area is 108 Å². The van der Waals surface area contributed by atoms with E-state index in [1.807, 2.05) is 33.8 Å². The molecule has 0 radical (unpaired) electrons. The highest BCUT2D eigenvalue weighted by Gasteiger charge is 2.24. The second-order valence-electron chi connectivity index (χ2n) is 4.28. The Morgan fingerprint density at radius 1 is 1.17 bits per heavy atom. The number of halogens is 1. The quantitative estimate of drug-likeness (QED) is 0.795. The van der Waals surface area contributed by atoms with Gasteiger partial charge >= 0.3 is 0 Å². The Morgan fingerprint density at radius 2 is 1.72 bits per heavy atom. The number of aryl methyl sites for hydroxylation is 2. The highest BCUT2D eigenvalue weighted by molar-refractivity contribution is 5.34. The van der Waals surface area contributed by atoms with E-state index in [9.17, 15) is 4.39 Å². The molecule has 18 heavy (non-hydrogen) atoms. The van der Waals surface area contributed by atoms with Crippen molar-refractivity contribution in [1.29, 1.82) is 0 Å². The summed E-state index contributed by atoms with van der Waals surface area (Å²) >= 11 is 0. The Morgan fingerprint density at radius 3 is 2.17 bits per heavy atom. The lowest BCUT2D eigenvalue weighted by Gasteiger charge is -2.25. The molecule has 0 aliphatic carbocycles. The van der Waals surface area contributed by atoms with Crippen molar-refractivity contribution >= 4 is 0 Å². The molecule has 0 saturated heterocycles. The minimum atomic E-state index is -0.620. The molecule has 0 saturated carbocycles. The van der Waals surface area contributed by atoms with Crippen LogP contribution in [-0.4, -0.2) is 19.5 Å². The maximum absolute atomic E-state index is 14.0. The summed E-state index contributed by atoms with van der Waals surface area (Å²) in [4.78, 5) is 0. The third kappa shape index (κ3) is 3.51. The molecule has 0 bridgehead atoms. The fourth-order valence-electron chi connectivity index (χ4n) is 2.07. The molecule has 1 atom stereocenters. The summed E-state index contributed by atoms with van der Waals surface area (Å²) in [5.74, 6) is -0.301. The van der Waals surface area contributed by atoms with Gasteiger partial charge in [-0.05, 0) is 44.9 Å². The molecular formula is C14H22FNO2. The number of hydrogen-bond donors (Lipinski definition) is 1. The molecule has 1 unspecified atom stereocenters. The average Bonchev–Trinajstić information content (AvgIpc) is 2.27. The molecule has 1 aromatic carbocycles. The van der Waals surface area contributed by atoms with Crippen LogP contribution in [0.4, 0.5) is 4.39 Å². The van der Waals surface area contributed by atoms with Crippen molar-refractivity contribution < 1.29 is 13.9 Å². The molecule has 102 valence electrons. The van der Waals surface area contributed by atoms with E-state index < -0.39 is 12.3 Å². The van der Waals surface area contributed by atoms with Crippen LogP contribution in [0.25, 0.3) is 0 Å². The Hall–Kier alpha value is -0.970. The molecule has 2 N–H and O–H groups in total. The topological polar surface area (TPSA) is 44.5 Å². The molecule has 0 heterocycles. The van der Waals surface area contributed by atoms with Gasteiger partial charge in [-0.3, -0.25) is 0 Å². The van der Waals surface area contributed by atoms with Gasteiger partial charge in [0.05, 0.1) is 6.04 Å². The third-order valence-electron chi connectivity index (χ3n) is 2.77. The summed E-state index contributed by atoms with van der Waals surface area (Å²) in [6, 6.07) is 2.77. The minimum Gasteiger partial charge on any atom is -0.351 e. The fraction of sp³-hybridized carbons (Fsp3) is 0.571. The van der Waals surface area contributed by atoms with E-state index >= 15 is 0 Å². The van der Waals surface area contributed by atoms with Crippen molar-refractivity contribution in [2.24, 2.45) is 5.73 Å². The Balaban J connectivity index is 3.03. The van der Waals surface area contributed by atoms with Crippen LogP contribution < -0.4 is 5.73 Å². The SMILES string of the molecule is CCOC(OCC)C(N)c1c(C)cc(C)cc1F. The van der Waals surface area contributed by atoms with Crippen LogP contribution in [0.15, 0.2) is 12.1 Å². The molecule has 0 aliphatic rings. The number of nitrogens with two attached hydrogens (primary N) is 1. The Bertz CT molecular complexity index is 366. The summed E-state index contributed by atoms with van der Waals surface area (Å²) in [5.41, 5.74) is 8.24. The highest BCUT2D eigenvalue weighted by atomic mass is 19.1. The zero-order valence-corrected chi connectivity index (χ0v) is 11.5. The van der Waals surface area contributed by atoms with Crippen molar-refractivity contribution in [2.75, 3.05) is 13.2 Å². The van der Waals surface area contributed by atoms with Crippen LogP contribution in [0.5, 0.6) is 0 Å². The lowest BCUT2D eigenvalue weighted by molar-refractivity contribution is -0.149. The molecule has 0 spiro atoms. The van der Waals surface area contributed by atoms with Gasteiger partial charge in [-0.25, -0.2) is 4.39 Å². The summed E-state index contributed by atoms with van der Waals surface area (Å²) < 4.78 is 24.9. The standard InChI is InChI=1S/C14H22FNO2/c1-5-17-14(18-6-2)13(16)12-10(4)7-9(3)8-11(12)15/h7-8,13-14H,5-6,16H2,1-4H3. The molecule has 0 aromatic heterocycles. The zero-order valence-electron chi connectivity index (χ0n) is 11.5. The van der Waals surface area contributed by atoms with Crippen molar-refractivity contribution in [3.8, 4) is 0 Å². The van der Waals surface area contributed by atoms with Gasteiger partial charge in [0, 0.05) is 18.8 Å². The van der Waals surface area contributed by atoms with Crippen LogP contribution in [0.2, 0.25) is 0 Å². The largest absolute Gasteiger partial charge is 0.351 e. The minimum absolute atomic E-state index is 0.301. The summed E-state index contributed by atoms with van der Waals surface area (Å²) in [6.07, 6.45) is -0.615. The highest BCUT2D eigenvalue weighted by Crippen LogP contribution is 2.25. The predicted molar refractivity (Wildman–Crippen MR) is 69.8 cm³/mol. The molecule has 3 nitrogen and oxygen atoms in total. The molecule has 4 heteroatoms. The normalized spacial score (nSPS) is 13.1. The zero-order chi connectivity index (χ0) is 13.7. The lowest BCUT2D eigenvalue weighted by atomic mass is 9.98. The second kappa shape index (κ2) is 6.83. The third-order valence-corrected chi connectivity index (χ3v) is 2.77.